The molecule has 0 heterocycles. The third-order valence-corrected chi connectivity index (χ3v) is 2.93. The van der Waals surface area contributed by atoms with Gasteiger partial charge in [-0.05, 0) is 37.1 Å². The molecule has 3 heteroatoms. The van der Waals surface area contributed by atoms with E-state index in [0.29, 0.717) is 6.04 Å². The first-order chi connectivity index (χ1) is 7.11. The first-order valence-electron chi connectivity index (χ1n) is 5.27. The predicted octanol–water partition coefficient (Wildman–Crippen LogP) is 3.92. The Balaban J connectivity index is 2.43. The van der Waals surface area contributed by atoms with E-state index in [-0.39, 0.29) is 0 Å². The molecule has 0 atom stereocenters. The van der Waals surface area contributed by atoms with Gasteiger partial charge in [0.1, 0.15) is 0 Å². The first kappa shape index (κ1) is 12.8. The van der Waals surface area contributed by atoms with Crippen molar-refractivity contribution in [3.05, 3.63) is 33.8 Å². The summed E-state index contributed by atoms with van der Waals surface area (Å²) < 4.78 is 0. The van der Waals surface area contributed by atoms with Crippen molar-refractivity contribution in [2.24, 2.45) is 0 Å². The van der Waals surface area contributed by atoms with Gasteiger partial charge in [-0.2, -0.15) is 0 Å². The summed E-state index contributed by atoms with van der Waals surface area (Å²) in [6.45, 7) is 5.28. The van der Waals surface area contributed by atoms with Crippen molar-refractivity contribution in [2.45, 2.75) is 32.7 Å². The van der Waals surface area contributed by atoms with E-state index in [1.807, 2.05) is 18.2 Å². The van der Waals surface area contributed by atoms with Gasteiger partial charge in [0.05, 0.1) is 0 Å². The summed E-state index contributed by atoms with van der Waals surface area (Å²) in [6.07, 6.45) is 1.99. The average Bonchev–Trinajstić information content (AvgIpc) is 2.15. The second kappa shape index (κ2) is 6.37. The average molecular weight is 246 g/mol. The van der Waals surface area contributed by atoms with Crippen molar-refractivity contribution in [3.63, 3.8) is 0 Å². The van der Waals surface area contributed by atoms with Gasteiger partial charge in [0.15, 0.2) is 0 Å². The molecule has 1 aromatic rings. The largest absolute Gasteiger partial charge is 0.315 e. The van der Waals surface area contributed by atoms with E-state index < -0.39 is 0 Å². The fourth-order valence-corrected chi connectivity index (χ4v) is 2.01. The van der Waals surface area contributed by atoms with Crippen molar-refractivity contribution in [1.29, 1.82) is 0 Å². The normalized spacial score (nSPS) is 11.0. The van der Waals surface area contributed by atoms with Crippen LogP contribution in [0, 0.1) is 0 Å². The Bertz CT molecular complexity index is 290. The molecule has 0 bridgehead atoms. The molecule has 0 saturated carbocycles. The zero-order valence-electron chi connectivity index (χ0n) is 9.19. The molecule has 0 aliphatic rings. The summed E-state index contributed by atoms with van der Waals surface area (Å²) in [6, 6.07) is 6.18. The van der Waals surface area contributed by atoms with Crippen LogP contribution < -0.4 is 5.32 Å². The van der Waals surface area contributed by atoms with Crippen molar-refractivity contribution in [2.75, 3.05) is 6.54 Å². The van der Waals surface area contributed by atoms with Crippen LogP contribution in [0.15, 0.2) is 18.2 Å². The third kappa shape index (κ3) is 4.42. The quantitative estimate of drug-likeness (QED) is 0.776. The Morgan fingerprint density at radius 3 is 2.33 bits per heavy atom. The van der Waals surface area contributed by atoms with Gasteiger partial charge < -0.3 is 5.32 Å². The molecule has 84 valence electrons. The van der Waals surface area contributed by atoms with E-state index in [9.17, 15) is 0 Å². The summed E-state index contributed by atoms with van der Waals surface area (Å²) in [4.78, 5) is 0. The molecule has 0 unspecified atom stereocenters. The van der Waals surface area contributed by atoms with E-state index in [2.05, 4.69) is 19.2 Å². The molecule has 0 amide bonds. The predicted molar refractivity (Wildman–Crippen MR) is 67.9 cm³/mol. The minimum Gasteiger partial charge on any atom is -0.315 e. The molecule has 0 aromatic heterocycles. The maximum Gasteiger partial charge on any atom is 0.0452 e. The minimum atomic E-state index is 0.534. The Kier molecular flexibility index (Phi) is 5.44. The summed E-state index contributed by atoms with van der Waals surface area (Å²) >= 11 is 12.1. The highest BCUT2D eigenvalue weighted by atomic mass is 35.5. The SMILES string of the molecule is CC(C)NCCCc1c(Cl)cccc1Cl. The molecule has 0 aliphatic carbocycles. The molecule has 1 aromatic carbocycles. The van der Waals surface area contributed by atoms with Crippen LogP contribution in [0.4, 0.5) is 0 Å². The van der Waals surface area contributed by atoms with E-state index in [0.717, 1.165) is 35.0 Å². The van der Waals surface area contributed by atoms with E-state index in [1.165, 1.54) is 0 Å². The zero-order chi connectivity index (χ0) is 11.3. The maximum atomic E-state index is 6.07. The lowest BCUT2D eigenvalue weighted by Gasteiger charge is -2.09. The van der Waals surface area contributed by atoms with Crippen LogP contribution in [0.25, 0.3) is 0 Å². The Hall–Kier alpha value is -0.240. The fourth-order valence-electron chi connectivity index (χ4n) is 1.43. The standard InChI is InChI=1S/C12H17Cl2N/c1-9(2)15-8-4-5-10-11(13)6-3-7-12(10)14/h3,6-7,9,15H,4-5,8H2,1-2H3. The third-order valence-electron chi connectivity index (χ3n) is 2.22. The topological polar surface area (TPSA) is 12.0 Å². The Morgan fingerprint density at radius 1 is 1.20 bits per heavy atom. The number of hydrogen-bond donors (Lipinski definition) is 1. The monoisotopic (exact) mass is 245 g/mol. The van der Waals surface area contributed by atoms with Gasteiger partial charge in [0, 0.05) is 16.1 Å². The lowest BCUT2D eigenvalue weighted by Crippen LogP contribution is -2.23. The highest BCUT2D eigenvalue weighted by molar-refractivity contribution is 6.35. The van der Waals surface area contributed by atoms with Crippen LogP contribution in [-0.2, 0) is 6.42 Å². The molecule has 0 radical (unpaired) electrons. The lowest BCUT2D eigenvalue weighted by atomic mass is 10.1. The van der Waals surface area contributed by atoms with Crippen molar-refractivity contribution in [1.82, 2.24) is 5.32 Å². The molecule has 0 fully saturated rings. The van der Waals surface area contributed by atoms with Gasteiger partial charge in [0.25, 0.3) is 0 Å². The number of hydrogen-bond acceptors (Lipinski definition) is 1. The van der Waals surface area contributed by atoms with Crippen LogP contribution in [0.3, 0.4) is 0 Å². The molecule has 0 saturated heterocycles. The van der Waals surface area contributed by atoms with Gasteiger partial charge in [0.2, 0.25) is 0 Å². The summed E-state index contributed by atoms with van der Waals surface area (Å²) in [5.74, 6) is 0. The molecular weight excluding hydrogens is 229 g/mol. The second-order valence-electron chi connectivity index (χ2n) is 3.91. The van der Waals surface area contributed by atoms with Gasteiger partial charge >= 0.3 is 0 Å². The molecule has 1 rings (SSSR count). The highest BCUT2D eigenvalue weighted by Crippen LogP contribution is 2.25. The van der Waals surface area contributed by atoms with Crippen LogP contribution in [-0.4, -0.2) is 12.6 Å². The van der Waals surface area contributed by atoms with Gasteiger partial charge in [-0.3, -0.25) is 0 Å². The molecule has 15 heavy (non-hydrogen) atoms. The smallest absolute Gasteiger partial charge is 0.0452 e. The van der Waals surface area contributed by atoms with Gasteiger partial charge in [-0.15, -0.1) is 0 Å². The van der Waals surface area contributed by atoms with E-state index >= 15 is 0 Å². The van der Waals surface area contributed by atoms with Crippen molar-refractivity contribution in [3.8, 4) is 0 Å². The fraction of sp³-hybridized carbons (Fsp3) is 0.500. The second-order valence-corrected chi connectivity index (χ2v) is 4.73. The maximum absolute atomic E-state index is 6.07. The lowest BCUT2D eigenvalue weighted by molar-refractivity contribution is 0.570. The molecular formula is C12H17Cl2N. The zero-order valence-corrected chi connectivity index (χ0v) is 10.7. The summed E-state index contributed by atoms with van der Waals surface area (Å²) in [5, 5.41) is 4.91. The van der Waals surface area contributed by atoms with Crippen molar-refractivity contribution < 1.29 is 0 Å². The first-order valence-corrected chi connectivity index (χ1v) is 6.03. The highest BCUT2D eigenvalue weighted by Gasteiger charge is 2.04. The number of benzene rings is 1. The molecule has 0 aliphatic heterocycles. The summed E-state index contributed by atoms with van der Waals surface area (Å²) in [5.41, 5.74) is 1.06. The summed E-state index contributed by atoms with van der Waals surface area (Å²) in [7, 11) is 0. The number of rotatable bonds is 5. The number of nitrogens with one attached hydrogen (secondary N) is 1. The van der Waals surface area contributed by atoms with Crippen LogP contribution in [0.5, 0.6) is 0 Å². The van der Waals surface area contributed by atoms with Crippen molar-refractivity contribution >= 4 is 23.2 Å². The Morgan fingerprint density at radius 2 is 1.80 bits per heavy atom. The van der Waals surface area contributed by atoms with Crippen LogP contribution in [0.2, 0.25) is 10.0 Å². The van der Waals surface area contributed by atoms with E-state index in [4.69, 9.17) is 23.2 Å². The van der Waals surface area contributed by atoms with Crippen LogP contribution in [0.1, 0.15) is 25.8 Å². The minimum absolute atomic E-state index is 0.534. The Labute approximate surface area is 102 Å². The van der Waals surface area contributed by atoms with Gasteiger partial charge in [-0.1, -0.05) is 43.1 Å². The molecule has 1 nitrogen and oxygen atoms in total. The molecule has 1 N–H and O–H groups in total. The number of halogens is 2. The van der Waals surface area contributed by atoms with Crippen LogP contribution >= 0.6 is 23.2 Å². The molecule has 0 spiro atoms. The van der Waals surface area contributed by atoms with E-state index in [1.54, 1.807) is 0 Å². The van der Waals surface area contributed by atoms with Gasteiger partial charge in [-0.25, -0.2) is 0 Å².